The molecule has 2 aliphatic carbocycles. The molecular weight excluding hydrogens is 357 g/mol. The van der Waals surface area contributed by atoms with Gasteiger partial charge in [0, 0.05) is 18.6 Å². The van der Waals surface area contributed by atoms with Gasteiger partial charge in [-0.2, -0.15) is 0 Å². The Morgan fingerprint density at radius 1 is 1.12 bits per heavy atom. The molecule has 6 heteroatoms. The molecule has 0 spiro atoms. The quantitative estimate of drug-likeness (QED) is 0.697. The molecule has 2 bridgehead atoms. The minimum atomic E-state index is 0. The third-order valence-electron chi connectivity index (χ3n) is 6.97. The van der Waals surface area contributed by atoms with E-state index in [2.05, 4.69) is 24.1 Å². The van der Waals surface area contributed by atoms with Crippen molar-refractivity contribution in [1.29, 1.82) is 0 Å². The molecular formula is C19H37Cl2N3O. The first-order valence-electron chi connectivity index (χ1n) is 9.93. The molecule has 3 N–H and O–H groups in total. The maximum absolute atomic E-state index is 12.8. The van der Waals surface area contributed by atoms with Gasteiger partial charge in [-0.1, -0.05) is 26.7 Å². The molecule has 4 nitrogen and oxygen atoms in total. The standard InChI is InChI=1S/C19H35N3O.2ClH/c1-3-13(4-2)16(22-9-5-6-10-22)12-21-19(23)17-14-7-8-15(11-14)18(17)20;;/h13-18H,3-12,20H2,1-2H3,(H,21,23);2*1H. The Kier molecular flexibility index (Phi) is 9.52. The molecule has 25 heavy (non-hydrogen) atoms. The zero-order valence-corrected chi connectivity index (χ0v) is 17.4. The average molecular weight is 394 g/mol. The fraction of sp³-hybridized carbons (Fsp3) is 0.947. The summed E-state index contributed by atoms with van der Waals surface area (Å²) in [7, 11) is 0. The Morgan fingerprint density at radius 2 is 1.72 bits per heavy atom. The molecule has 0 aromatic carbocycles. The normalized spacial score (nSPS) is 32.3. The van der Waals surface area contributed by atoms with Crippen LogP contribution in [0.4, 0.5) is 0 Å². The number of nitrogens with one attached hydrogen (secondary N) is 1. The fourth-order valence-corrected chi connectivity index (χ4v) is 5.55. The van der Waals surface area contributed by atoms with Gasteiger partial charge >= 0.3 is 0 Å². The van der Waals surface area contributed by atoms with E-state index < -0.39 is 0 Å². The van der Waals surface area contributed by atoms with Crippen LogP contribution in [0.2, 0.25) is 0 Å². The minimum absolute atomic E-state index is 0. The van der Waals surface area contributed by atoms with Gasteiger partial charge in [-0.3, -0.25) is 9.69 Å². The van der Waals surface area contributed by atoms with Gasteiger partial charge in [0.05, 0.1) is 5.92 Å². The minimum Gasteiger partial charge on any atom is -0.354 e. The Balaban J connectivity index is 0.00000156. The van der Waals surface area contributed by atoms with Gasteiger partial charge in [-0.05, 0) is 62.9 Å². The number of carbonyl (C=O) groups is 1. The smallest absolute Gasteiger partial charge is 0.225 e. The Morgan fingerprint density at radius 3 is 2.24 bits per heavy atom. The van der Waals surface area contributed by atoms with Crippen LogP contribution in [0.1, 0.15) is 58.8 Å². The van der Waals surface area contributed by atoms with Crippen molar-refractivity contribution in [3.8, 4) is 0 Å². The first-order valence-corrected chi connectivity index (χ1v) is 9.93. The highest BCUT2D eigenvalue weighted by Gasteiger charge is 2.49. The molecule has 3 aliphatic rings. The lowest BCUT2D eigenvalue weighted by atomic mass is 9.84. The summed E-state index contributed by atoms with van der Waals surface area (Å²) in [5.74, 6) is 2.15. The molecule has 0 aromatic heterocycles. The molecule has 3 rings (SSSR count). The number of carbonyl (C=O) groups excluding carboxylic acids is 1. The Labute approximate surface area is 165 Å². The second-order valence-corrected chi connectivity index (χ2v) is 8.07. The van der Waals surface area contributed by atoms with Gasteiger partial charge in [-0.25, -0.2) is 0 Å². The number of nitrogens with two attached hydrogens (primary N) is 1. The molecule has 1 heterocycles. The summed E-state index contributed by atoms with van der Waals surface area (Å²) in [5, 5.41) is 3.31. The van der Waals surface area contributed by atoms with E-state index >= 15 is 0 Å². The molecule has 5 unspecified atom stereocenters. The van der Waals surface area contributed by atoms with Crippen LogP contribution in [0.15, 0.2) is 0 Å². The van der Waals surface area contributed by atoms with E-state index in [1.165, 1.54) is 58.0 Å². The van der Waals surface area contributed by atoms with Crippen LogP contribution < -0.4 is 11.1 Å². The van der Waals surface area contributed by atoms with Crippen LogP contribution >= 0.6 is 24.8 Å². The van der Waals surface area contributed by atoms with E-state index in [0.29, 0.717) is 23.8 Å². The summed E-state index contributed by atoms with van der Waals surface area (Å²) in [6.45, 7) is 7.77. The van der Waals surface area contributed by atoms with Crippen molar-refractivity contribution < 1.29 is 4.79 Å². The van der Waals surface area contributed by atoms with Crippen molar-refractivity contribution in [3.63, 3.8) is 0 Å². The largest absolute Gasteiger partial charge is 0.354 e. The van der Waals surface area contributed by atoms with E-state index in [1.54, 1.807) is 0 Å². The van der Waals surface area contributed by atoms with Crippen LogP contribution in [-0.2, 0) is 4.79 Å². The van der Waals surface area contributed by atoms with Crippen LogP contribution in [0.5, 0.6) is 0 Å². The first kappa shape index (κ1) is 23.0. The van der Waals surface area contributed by atoms with Gasteiger partial charge in [0.2, 0.25) is 5.91 Å². The summed E-state index contributed by atoms with van der Waals surface area (Å²) in [6, 6.07) is 0.610. The van der Waals surface area contributed by atoms with Crippen molar-refractivity contribution in [1.82, 2.24) is 10.2 Å². The average Bonchev–Trinajstić information content (AvgIpc) is 3.27. The van der Waals surface area contributed by atoms with E-state index in [-0.39, 0.29) is 42.7 Å². The lowest BCUT2D eigenvalue weighted by molar-refractivity contribution is -0.127. The van der Waals surface area contributed by atoms with Crippen LogP contribution in [0.25, 0.3) is 0 Å². The number of fused-ring (bicyclic) bond motifs is 2. The third kappa shape index (κ3) is 4.82. The Hall–Kier alpha value is -0.0300. The summed E-state index contributed by atoms with van der Waals surface area (Å²) in [5.41, 5.74) is 6.33. The van der Waals surface area contributed by atoms with Crippen molar-refractivity contribution in [3.05, 3.63) is 0 Å². The van der Waals surface area contributed by atoms with Gasteiger partial charge in [-0.15, -0.1) is 24.8 Å². The predicted octanol–water partition coefficient (Wildman–Crippen LogP) is 3.22. The predicted molar refractivity (Wildman–Crippen MR) is 108 cm³/mol. The van der Waals surface area contributed by atoms with Gasteiger partial charge < -0.3 is 11.1 Å². The number of likely N-dealkylation sites (tertiary alicyclic amines) is 1. The summed E-state index contributed by atoms with van der Waals surface area (Å²) in [6.07, 6.45) is 8.63. The second-order valence-electron chi connectivity index (χ2n) is 8.07. The van der Waals surface area contributed by atoms with Crippen LogP contribution in [0, 0.1) is 23.7 Å². The molecule has 1 amide bonds. The van der Waals surface area contributed by atoms with Crippen LogP contribution in [0.3, 0.4) is 0 Å². The van der Waals surface area contributed by atoms with Gasteiger partial charge in [0.15, 0.2) is 0 Å². The van der Waals surface area contributed by atoms with E-state index in [9.17, 15) is 4.79 Å². The highest BCUT2D eigenvalue weighted by Crippen LogP contribution is 2.47. The van der Waals surface area contributed by atoms with E-state index in [1.807, 2.05) is 0 Å². The molecule has 1 aliphatic heterocycles. The molecule has 1 saturated heterocycles. The maximum atomic E-state index is 12.8. The summed E-state index contributed by atoms with van der Waals surface area (Å²) >= 11 is 0. The molecule has 2 saturated carbocycles. The summed E-state index contributed by atoms with van der Waals surface area (Å²) < 4.78 is 0. The topological polar surface area (TPSA) is 58.4 Å². The molecule has 0 aromatic rings. The highest BCUT2D eigenvalue weighted by atomic mass is 35.5. The number of rotatable bonds is 7. The lowest BCUT2D eigenvalue weighted by Crippen LogP contribution is -2.51. The van der Waals surface area contributed by atoms with Crippen molar-refractivity contribution in [2.75, 3.05) is 19.6 Å². The SMILES string of the molecule is CCC(CC)C(CNC(=O)C1C2CCC(C2)C1N)N1CCCC1.Cl.Cl. The number of hydrogen-bond acceptors (Lipinski definition) is 3. The van der Waals surface area contributed by atoms with Gasteiger partial charge in [0.1, 0.15) is 0 Å². The molecule has 3 fully saturated rings. The molecule has 0 radical (unpaired) electrons. The van der Waals surface area contributed by atoms with E-state index in [0.717, 1.165) is 6.54 Å². The van der Waals surface area contributed by atoms with E-state index in [4.69, 9.17) is 5.73 Å². The van der Waals surface area contributed by atoms with Gasteiger partial charge in [0.25, 0.3) is 0 Å². The molecule has 148 valence electrons. The third-order valence-corrected chi connectivity index (χ3v) is 6.97. The monoisotopic (exact) mass is 393 g/mol. The maximum Gasteiger partial charge on any atom is 0.225 e. The fourth-order valence-electron chi connectivity index (χ4n) is 5.55. The highest BCUT2D eigenvalue weighted by molar-refractivity contribution is 5.85. The van der Waals surface area contributed by atoms with Crippen molar-refractivity contribution in [2.45, 2.75) is 70.9 Å². The number of hydrogen-bond donors (Lipinski definition) is 2. The zero-order valence-electron chi connectivity index (χ0n) is 15.8. The number of amides is 1. The summed E-state index contributed by atoms with van der Waals surface area (Å²) in [4.78, 5) is 15.4. The second kappa shape index (κ2) is 10.3. The lowest BCUT2D eigenvalue weighted by Gasteiger charge is -2.35. The molecule has 5 atom stereocenters. The van der Waals surface area contributed by atoms with Crippen molar-refractivity contribution in [2.24, 2.45) is 29.4 Å². The van der Waals surface area contributed by atoms with Crippen molar-refractivity contribution >= 4 is 30.7 Å². The Bertz CT molecular complexity index is 409. The first-order chi connectivity index (χ1) is 11.2. The number of halogens is 2. The number of nitrogens with zero attached hydrogens (tertiary/aromatic N) is 1. The zero-order chi connectivity index (χ0) is 16.4. The van der Waals surface area contributed by atoms with Crippen LogP contribution in [-0.4, -0.2) is 42.5 Å².